The molecule has 0 aliphatic carbocycles. The van der Waals surface area contributed by atoms with Gasteiger partial charge in [0, 0.05) is 45.1 Å². The van der Waals surface area contributed by atoms with Crippen LogP contribution >= 0.6 is 15.9 Å². The molecular weight excluding hydrogens is 455 g/mol. The van der Waals surface area contributed by atoms with Gasteiger partial charge in [0.2, 0.25) is 0 Å². The highest BCUT2D eigenvalue weighted by Crippen LogP contribution is 2.33. The second kappa shape index (κ2) is 7.81. The minimum absolute atomic E-state index is 0.417. The first kappa shape index (κ1) is 19.9. The number of benzene rings is 2. The predicted molar refractivity (Wildman–Crippen MR) is 114 cm³/mol. The summed E-state index contributed by atoms with van der Waals surface area (Å²) in [5.41, 5.74) is 3.26. The van der Waals surface area contributed by atoms with E-state index >= 15 is 0 Å². The van der Waals surface area contributed by atoms with Crippen molar-refractivity contribution in [1.29, 1.82) is 5.26 Å². The van der Waals surface area contributed by atoms with Crippen molar-refractivity contribution in [2.45, 2.75) is 6.18 Å². The molecule has 30 heavy (non-hydrogen) atoms. The summed E-state index contributed by atoms with van der Waals surface area (Å²) in [5.74, 6) is 0. The van der Waals surface area contributed by atoms with Gasteiger partial charge >= 0.3 is 6.18 Å². The molecule has 0 spiro atoms. The van der Waals surface area contributed by atoms with E-state index < -0.39 is 11.7 Å². The molecular formula is C23H13BrF3N3. The van der Waals surface area contributed by atoms with Crippen molar-refractivity contribution in [1.82, 2.24) is 9.97 Å². The highest BCUT2D eigenvalue weighted by Gasteiger charge is 2.30. The van der Waals surface area contributed by atoms with Gasteiger partial charge in [-0.2, -0.15) is 18.4 Å². The van der Waals surface area contributed by atoms with Gasteiger partial charge in [-0.25, -0.2) is 0 Å². The van der Waals surface area contributed by atoms with Crippen LogP contribution in [0.4, 0.5) is 13.2 Å². The van der Waals surface area contributed by atoms with E-state index in [-0.39, 0.29) is 0 Å². The van der Waals surface area contributed by atoms with Gasteiger partial charge in [0.1, 0.15) is 0 Å². The van der Waals surface area contributed by atoms with Crippen LogP contribution in [0.1, 0.15) is 16.7 Å². The fraction of sp³-hybridized carbons (Fsp3) is 0.0435. The first-order valence-electron chi connectivity index (χ1n) is 8.87. The zero-order valence-corrected chi connectivity index (χ0v) is 16.9. The lowest BCUT2D eigenvalue weighted by Crippen LogP contribution is -2.04. The van der Waals surface area contributed by atoms with Crippen LogP contribution in [0.5, 0.6) is 0 Å². The monoisotopic (exact) mass is 467 g/mol. The van der Waals surface area contributed by atoms with E-state index in [4.69, 9.17) is 0 Å². The second-order valence-electron chi connectivity index (χ2n) is 6.60. The maximum atomic E-state index is 12.9. The van der Waals surface area contributed by atoms with Crippen molar-refractivity contribution >= 4 is 38.5 Å². The molecule has 4 rings (SSSR count). The molecule has 148 valence electrons. The number of rotatable bonds is 3. The van der Waals surface area contributed by atoms with E-state index in [9.17, 15) is 18.4 Å². The van der Waals surface area contributed by atoms with E-state index in [0.29, 0.717) is 22.3 Å². The summed E-state index contributed by atoms with van der Waals surface area (Å²) < 4.78 is 39.5. The number of pyridine rings is 1. The number of nitriles is 1. The number of halogens is 4. The van der Waals surface area contributed by atoms with E-state index in [0.717, 1.165) is 33.1 Å². The third kappa shape index (κ3) is 3.87. The molecule has 0 saturated heterocycles. The molecule has 2 heterocycles. The van der Waals surface area contributed by atoms with Crippen molar-refractivity contribution in [3.8, 4) is 17.2 Å². The number of hydrogen-bond donors (Lipinski definition) is 1. The van der Waals surface area contributed by atoms with E-state index in [2.05, 4.69) is 32.0 Å². The Morgan fingerprint density at radius 2 is 1.87 bits per heavy atom. The second-order valence-corrected chi connectivity index (χ2v) is 7.52. The molecule has 3 nitrogen and oxygen atoms in total. The maximum absolute atomic E-state index is 12.9. The van der Waals surface area contributed by atoms with Gasteiger partial charge in [-0.1, -0.05) is 28.1 Å². The molecule has 4 aromatic rings. The van der Waals surface area contributed by atoms with Gasteiger partial charge in [0.15, 0.2) is 0 Å². The molecule has 1 N–H and O–H groups in total. The SMILES string of the molecule is N#CC(=Cc1cnccc1-c1ccc(C(F)(F)F)cc1)c1c[nH]c2ccc(Br)cc12. The summed E-state index contributed by atoms with van der Waals surface area (Å²) in [6, 6.07) is 14.6. The molecule has 0 saturated carbocycles. The summed E-state index contributed by atoms with van der Waals surface area (Å²) in [4.78, 5) is 7.27. The lowest BCUT2D eigenvalue weighted by molar-refractivity contribution is -0.137. The van der Waals surface area contributed by atoms with Crippen LogP contribution in [0, 0.1) is 11.3 Å². The fourth-order valence-corrected chi connectivity index (χ4v) is 3.63. The molecule has 0 fully saturated rings. The van der Waals surface area contributed by atoms with Crippen molar-refractivity contribution in [3.63, 3.8) is 0 Å². The zero-order valence-electron chi connectivity index (χ0n) is 15.3. The highest BCUT2D eigenvalue weighted by molar-refractivity contribution is 9.10. The number of aromatic nitrogens is 2. The first-order valence-corrected chi connectivity index (χ1v) is 9.66. The summed E-state index contributed by atoms with van der Waals surface area (Å²) in [5, 5.41) is 10.7. The highest BCUT2D eigenvalue weighted by atomic mass is 79.9. The van der Waals surface area contributed by atoms with Crippen LogP contribution in [0.2, 0.25) is 0 Å². The van der Waals surface area contributed by atoms with Gasteiger partial charge in [-0.15, -0.1) is 0 Å². The molecule has 0 aliphatic rings. The lowest BCUT2D eigenvalue weighted by Gasteiger charge is -2.10. The predicted octanol–water partition coefficient (Wildman–Crippen LogP) is 7.08. The minimum atomic E-state index is -4.39. The van der Waals surface area contributed by atoms with E-state index in [1.807, 2.05) is 18.2 Å². The van der Waals surface area contributed by atoms with Gasteiger partial charge in [-0.05, 0) is 53.6 Å². The third-order valence-corrected chi connectivity index (χ3v) is 5.22. The third-order valence-electron chi connectivity index (χ3n) is 4.73. The molecule has 0 bridgehead atoms. The van der Waals surface area contributed by atoms with Crippen LogP contribution in [-0.2, 0) is 6.18 Å². The standard InChI is InChI=1S/C23H13BrF3N3/c24-18-5-6-22-20(10-18)21(13-30-22)15(11-28)9-16-12-29-8-7-19(16)14-1-3-17(4-2-14)23(25,26)27/h1-10,12-13,30H. The van der Waals surface area contributed by atoms with Crippen molar-refractivity contribution in [2.24, 2.45) is 0 Å². The maximum Gasteiger partial charge on any atom is 0.416 e. The van der Waals surface area contributed by atoms with E-state index in [1.165, 1.54) is 12.1 Å². The number of fused-ring (bicyclic) bond motifs is 1. The Bertz CT molecular complexity index is 1300. The van der Waals surface area contributed by atoms with Crippen LogP contribution in [0.25, 0.3) is 33.7 Å². The first-order chi connectivity index (χ1) is 14.4. The van der Waals surface area contributed by atoms with Crippen LogP contribution in [0.3, 0.4) is 0 Å². The van der Waals surface area contributed by atoms with E-state index in [1.54, 1.807) is 30.7 Å². The molecule has 0 atom stereocenters. The molecule has 0 radical (unpaired) electrons. The molecule has 0 amide bonds. The van der Waals surface area contributed by atoms with Gasteiger partial charge in [-0.3, -0.25) is 4.98 Å². The Morgan fingerprint density at radius 1 is 1.10 bits per heavy atom. The average molecular weight is 468 g/mol. The zero-order chi connectivity index (χ0) is 21.3. The summed E-state index contributed by atoms with van der Waals surface area (Å²) in [6.45, 7) is 0. The summed E-state index contributed by atoms with van der Waals surface area (Å²) in [6.07, 6.45) is 2.23. The van der Waals surface area contributed by atoms with Crippen molar-refractivity contribution in [3.05, 3.63) is 88.3 Å². The Morgan fingerprint density at radius 3 is 2.57 bits per heavy atom. The van der Waals surface area contributed by atoms with Crippen molar-refractivity contribution in [2.75, 3.05) is 0 Å². The number of nitrogens with zero attached hydrogens (tertiary/aromatic N) is 2. The molecule has 0 unspecified atom stereocenters. The smallest absolute Gasteiger partial charge is 0.361 e. The van der Waals surface area contributed by atoms with Crippen LogP contribution < -0.4 is 0 Å². The lowest BCUT2D eigenvalue weighted by atomic mass is 9.97. The van der Waals surface area contributed by atoms with Crippen LogP contribution in [-0.4, -0.2) is 9.97 Å². The normalized spacial score (nSPS) is 12.2. The topological polar surface area (TPSA) is 52.5 Å². The number of alkyl halides is 3. The Hall–Kier alpha value is -3.37. The van der Waals surface area contributed by atoms with Gasteiger partial charge < -0.3 is 4.98 Å². The minimum Gasteiger partial charge on any atom is -0.361 e. The largest absolute Gasteiger partial charge is 0.416 e. The summed E-state index contributed by atoms with van der Waals surface area (Å²) >= 11 is 3.44. The number of aromatic amines is 1. The molecule has 7 heteroatoms. The molecule has 0 aliphatic heterocycles. The number of nitrogens with one attached hydrogen (secondary N) is 1. The summed E-state index contributed by atoms with van der Waals surface area (Å²) in [7, 11) is 0. The molecule has 2 aromatic carbocycles. The fourth-order valence-electron chi connectivity index (χ4n) is 3.26. The Kier molecular flexibility index (Phi) is 5.18. The quantitative estimate of drug-likeness (QED) is 0.327. The number of hydrogen-bond acceptors (Lipinski definition) is 2. The van der Waals surface area contributed by atoms with Gasteiger partial charge in [0.25, 0.3) is 0 Å². The Labute approximate surface area is 178 Å². The van der Waals surface area contributed by atoms with Gasteiger partial charge in [0.05, 0.1) is 17.2 Å². The number of allylic oxidation sites excluding steroid dienone is 1. The van der Waals surface area contributed by atoms with Crippen LogP contribution in [0.15, 0.2) is 71.6 Å². The molecule has 2 aromatic heterocycles. The number of H-pyrrole nitrogens is 1. The average Bonchev–Trinajstić information content (AvgIpc) is 3.14. The van der Waals surface area contributed by atoms with Crippen molar-refractivity contribution < 1.29 is 13.2 Å². The Balaban J connectivity index is 1.80.